The molecule has 0 bridgehead atoms. The highest BCUT2D eigenvalue weighted by atomic mass is 16.5. The molecule has 1 fully saturated rings. The van der Waals surface area contributed by atoms with Gasteiger partial charge in [0, 0.05) is 0 Å². The molecule has 0 heterocycles. The zero-order valence-electron chi connectivity index (χ0n) is 9.53. The maximum atomic E-state index is 11.2. The molecule has 2 N–H and O–H groups in total. The molecular weight excluding hydrogens is 202 g/mol. The van der Waals surface area contributed by atoms with Gasteiger partial charge in [0.15, 0.2) is 0 Å². The second-order valence-corrected chi connectivity index (χ2v) is 4.57. The molecule has 0 saturated heterocycles. The minimum atomic E-state index is -0.286. The van der Waals surface area contributed by atoms with Crippen LogP contribution in [0.1, 0.15) is 28.8 Å². The molecule has 16 heavy (non-hydrogen) atoms. The molecule has 86 valence electrons. The molecule has 3 heteroatoms. The van der Waals surface area contributed by atoms with Gasteiger partial charge in [-0.05, 0) is 48.9 Å². The molecule has 0 aromatic heterocycles. The van der Waals surface area contributed by atoms with Crippen molar-refractivity contribution in [3.05, 3.63) is 35.4 Å². The number of esters is 1. The summed E-state index contributed by atoms with van der Waals surface area (Å²) in [4.78, 5) is 11.2. The minimum absolute atomic E-state index is 0.286. The molecule has 1 aliphatic rings. The molecule has 0 atom stereocenters. The summed E-state index contributed by atoms with van der Waals surface area (Å²) in [6.45, 7) is 0.756. The van der Waals surface area contributed by atoms with Crippen LogP contribution < -0.4 is 5.73 Å². The van der Waals surface area contributed by atoms with Crippen LogP contribution >= 0.6 is 0 Å². The van der Waals surface area contributed by atoms with E-state index in [1.807, 2.05) is 24.3 Å². The maximum Gasteiger partial charge on any atom is 0.337 e. The average molecular weight is 219 g/mol. The summed E-state index contributed by atoms with van der Waals surface area (Å²) in [5.41, 5.74) is 7.93. The zero-order valence-corrected chi connectivity index (χ0v) is 9.53. The number of carbonyl (C=O) groups excluding carboxylic acids is 1. The average Bonchev–Trinajstić information content (AvgIpc) is 3.09. The molecule has 0 aliphatic heterocycles. The lowest BCUT2D eigenvalue weighted by Crippen LogP contribution is -2.17. The van der Waals surface area contributed by atoms with Crippen molar-refractivity contribution in [2.24, 2.45) is 11.1 Å². The van der Waals surface area contributed by atoms with Crippen molar-refractivity contribution in [3.63, 3.8) is 0 Å². The lowest BCUT2D eigenvalue weighted by atomic mass is 9.96. The Hall–Kier alpha value is -1.35. The Bertz CT molecular complexity index is 379. The third-order valence-corrected chi connectivity index (χ3v) is 3.34. The van der Waals surface area contributed by atoms with E-state index in [1.165, 1.54) is 25.5 Å². The first-order valence-electron chi connectivity index (χ1n) is 5.56. The summed E-state index contributed by atoms with van der Waals surface area (Å²) < 4.78 is 4.65. The molecule has 0 amide bonds. The largest absolute Gasteiger partial charge is 0.465 e. The van der Waals surface area contributed by atoms with Crippen molar-refractivity contribution in [3.8, 4) is 0 Å². The van der Waals surface area contributed by atoms with Crippen molar-refractivity contribution in [1.29, 1.82) is 0 Å². The van der Waals surface area contributed by atoms with Gasteiger partial charge >= 0.3 is 5.97 Å². The molecule has 1 aliphatic carbocycles. The van der Waals surface area contributed by atoms with Gasteiger partial charge in [-0.25, -0.2) is 4.79 Å². The molecule has 2 rings (SSSR count). The lowest BCUT2D eigenvalue weighted by Gasteiger charge is -2.12. The van der Waals surface area contributed by atoms with Gasteiger partial charge in [0.1, 0.15) is 0 Å². The Morgan fingerprint density at radius 2 is 2.00 bits per heavy atom. The number of benzene rings is 1. The normalized spacial score (nSPS) is 16.9. The fourth-order valence-electron chi connectivity index (χ4n) is 1.94. The Labute approximate surface area is 95.6 Å². The first-order valence-corrected chi connectivity index (χ1v) is 5.56. The van der Waals surface area contributed by atoms with Crippen molar-refractivity contribution in [2.45, 2.75) is 19.3 Å². The predicted molar refractivity (Wildman–Crippen MR) is 62.2 cm³/mol. The number of hydrogen-bond acceptors (Lipinski definition) is 3. The zero-order chi connectivity index (χ0) is 11.6. The summed E-state index contributed by atoms with van der Waals surface area (Å²) in [6, 6.07) is 7.60. The molecule has 0 radical (unpaired) electrons. The van der Waals surface area contributed by atoms with Crippen LogP contribution in [0.4, 0.5) is 0 Å². The van der Waals surface area contributed by atoms with Crippen molar-refractivity contribution < 1.29 is 9.53 Å². The van der Waals surface area contributed by atoms with E-state index in [0.29, 0.717) is 11.0 Å². The van der Waals surface area contributed by atoms with Gasteiger partial charge in [-0.3, -0.25) is 0 Å². The van der Waals surface area contributed by atoms with E-state index in [9.17, 15) is 4.79 Å². The van der Waals surface area contributed by atoms with Crippen LogP contribution in [-0.4, -0.2) is 19.6 Å². The topological polar surface area (TPSA) is 52.3 Å². The number of rotatable bonds is 4. The smallest absolute Gasteiger partial charge is 0.337 e. The van der Waals surface area contributed by atoms with Gasteiger partial charge in [-0.15, -0.1) is 0 Å². The molecular formula is C13H17NO2. The Morgan fingerprint density at radius 1 is 1.38 bits per heavy atom. The van der Waals surface area contributed by atoms with E-state index < -0.39 is 0 Å². The van der Waals surface area contributed by atoms with E-state index in [2.05, 4.69) is 4.74 Å². The molecule has 3 nitrogen and oxygen atoms in total. The molecule has 0 spiro atoms. The van der Waals surface area contributed by atoms with Crippen molar-refractivity contribution in [2.75, 3.05) is 13.7 Å². The highest BCUT2D eigenvalue weighted by Crippen LogP contribution is 2.47. The highest BCUT2D eigenvalue weighted by molar-refractivity contribution is 5.89. The molecule has 0 unspecified atom stereocenters. The summed E-state index contributed by atoms with van der Waals surface area (Å²) in [7, 11) is 1.39. The number of methoxy groups -OCH3 is 1. The van der Waals surface area contributed by atoms with Gasteiger partial charge in [-0.2, -0.15) is 0 Å². The van der Waals surface area contributed by atoms with Crippen LogP contribution in [0, 0.1) is 5.41 Å². The van der Waals surface area contributed by atoms with E-state index in [-0.39, 0.29) is 5.97 Å². The van der Waals surface area contributed by atoms with Crippen LogP contribution in [0.3, 0.4) is 0 Å². The third kappa shape index (κ3) is 2.25. The summed E-state index contributed by atoms with van der Waals surface area (Å²) in [5, 5.41) is 0. The Balaban J connectivity index is 2.05. The molecule has 1 aromatic rings. The number of hydrogen-bond donors (Lipinski definition) is 1. The monoisotopic (exact) mass is 219 g/mol. The first kappa shape index (κ1) is 11.1. The van der Waals surface area contributed by atoms with Gasteiger partial charge in [0.2, 0.25) is 0 Å². The quantitative estimate of drug-likeness (QED) is 0.785. The fraction of sp³-hybridized carbons (Fsp3) is 0.462. The fourth-order valence-corrected chi connectivity index (χ4v) is 1.94. The molecule has 1 saturated carbocycles. The van der Waals surface area contributed by atoms with Crippen molar-refractivity contribution in [1.82, 2.24) is 0 Å². The van der Waals surface area contributed by atoms with Crippen LogP contribution in [0.15, 0.2) is 24.3 Å². The van der Waals surface area contributed by atoms with Gasteiger partial charge in [0.05, 0.1) is 12.7 Å². The molecule has 1 aromatic carbocycles. The second-order valence-electron chi connectivity index (χ2n) is 4.57. The summed E-state index contributed by atoms with van der Waals surface area (Å²) in [6.07, 6.45) is 3.47. The standard InChI is InChI=1S/C13H17NO2/c1-16-12(15)11-4-2-10(3-5-11)8-13(9-14)6-7-13/h2-5H,6-9,14H2,1H3. The Kier molecular flexibility index (Phi) is 2.97. The van der Waals surface area contributed by atoms with Crippen molar-refractivity contribution >= 4 is 5.97 Å². The maximum absolute atomic E-state index is 11.2. The second kappa shape index (κ2) is 4.26. The predicted octanol–water partition coefficient (Wildman–Crippen LogP) is 1.75. The van der Waals surface area contributed by atoms with E-state index >= 15 is 0 Å². The lowest BCUT2D eigenvalue weighted by molar-refractivity contribution is 0.0600. The van der Waals surface area contributed by atoms with E-state index in [4.69, 9.17) is 5.73 Å². The van der Waals surface area contributed by atoms with Crippen LogP contribution in [0.5, 0.6) is 0 Å². The van der Waals surface area contributed by atoms with E-state index in [0.717, 1.165) is 13.0 Å². The number of carbonyl (C=O) groups is 1. The number of nitrogens with two attached hydrogens (primary N) is 1. The summed E-state index contributed by atoms with van der Waals surface area (Å²) >= 11 is 0. The number of ether oxygens (including phenoxy) is 1. The van der Waals surface area contributed by atoms with E-state index in [1.54, 1.807) is 0 Å². The Morgan fingerprint density at radius 3 is 2.44 bits per heavy atom. The van der Waals surface area contributed by atoms with Crippen LogP contribution in [0.2, 0.25) is 0 Å². The highest BCUT2D eigenvalue weighted by Gasteiger charge is 2.40. The van der Waals surface area contributed by atoms with Crippen LogP contribution in [-0.2, 0) is 11.2 Å². The first-order chi connectivity index (χ1) is 7.69. The van der Waals surface area contributed by atoms with Crippen LogP contribution in [0.25, 0.3) is 0 Å². The minimum Gasteiger partial charge on any atom is -0.465 e. The summed E-state index contributed by atoms with van der Waals surface area (Å²) in [5.74, 6) is -0.286. The van der Waals surface area contributed by atoms with Gasteiger partial charge < -0.3 is 10.5 Å². The SMILES string of the molecule is COC(=O)c1ccc(CC2(CN)CC2)cc1. The van der Waals surface area contributed by atoms with Gasteiger partial charge in [0.25, 0.3) is 0 Å². The van der Waals surface area contributed by atoms with Gasteiger partial charge in [-0.1, -0.05) is 12.1 Å². The third-order valence-electron chi connectivity index (χ3n) is 3.34.